The molecule has 1 rings (SSSR count). The van der Waals surface area contributed by atoms with Crippen LogP contribution in [0.4, 0.5) is 5.69 Å². The number of hydrogen-bond acceptors (Lipinski definition) is 3. The maximum absolute atomic E-state index is 11.6. The summed E-state index contributed by atoms with van der Waals surface area (Å²) in [5, 5.41) is 14.8. The molecule has 0 saturated carbocycles. The lowest BCUT2D eigenvalue weighted by atomic mass is 10.1. The van der Waals surface area contributed by atoms with E-state index < -0.39 is 0 Å². The van der Waals surface area contributed by atoms with Crippen LogP contribution in [-0.4, -0.2) is 30.7 Å². The van der Waals surface area contributed by atoms with E-state index in [1.54, 1.807) is 0 Å². The van der Waals surface area contributed by atoms with Crippen LogP contribution >= 0.6 is 0 Å². The van der Waals surface area contributed by atoms with Gasteiger partial charge in [0.05, 0.1) is 0 Å². The Bertz CT molecular complexity index is 367. The van der Waals surface area contributed by atoms with Crippen molar-refractivity contribution >= 4 is 11.6 Å². The molecule has 18 heavy (non-hydrogen) atoms. The Kier molecular flexibility index (Phi) is 7.06. The smallest absolute Gasteiger partial charge is 0.225 e. The lowest BCUT2D eigenvalue weighted by Crippen LogP contribution is -2.21. The molecule has 0 aromatic heterocycles. The van der Waals surface area contributed by atoms with Gasteiger partial charge in [-0.15, -0.1) is 0 Å². The molecule has 0 heterocycles. The van der Waals surface area contributed by atoms with E-state index >= 15 is 0 Å². The molecule has 4 nitrogen and oxygen atoms in total. The van der Waals surface area contributed by atoms with Gasteiger partial charge in [0.2, 0.25) is 5.91 Å². The second kappa shape index (κ2) is 8.66. The summed E-state index contributed by atoms with van der Waals surface area (Å²) in [5.74, 6) is 0.0234. The number of aryl methyl sites for hydroxylation is 1. The highest BCUT2D eigenvalue weighted by Gasteiger charge is 2.02. The van der Waals surface area contributed by atoms with Gasteiger partial charge in [-0.05, 0) is 37.1 Å². The number of aliphatic hydroxyl groups excluding tert-OH is 1. The van der Waals surface area contributed by atoms with Crippen molar-refractivity contribution < 1.29 is 9.90 Å². The average Bonchev–Trinajstić information content (AvgIpc) is 2.37. The minimum absolute atomic E-state index is 0.0234. The molecule has 0 unspecified atom stereocenters. The first-order valence-corrected chi connectivity index (χ1v) is 6.46. The minimum atomic E-state index is 0.0234. The van der Waals surface area contributed by atoms with Crippen LogP contribution < -0.4 is 10.6 Å². The Labute approximate surface area is 108 Å². The Morgan fingerprint density at radius 1 is 1.39 bits per heavy atom. The van der Waals surface area contributed by atoms with Gasteiger partial charge in [-0.3, -0.25) is 4.79 Å². The van der Waals surface area contributed by atoms with Gasteiger partial charge < -0.3 is 15.7 Å². The Morgan fingerprint density at radius 2 is 2.22 bits per heavy atom. The highest BCUT2D eigenvalue weighted by atomic mass is 16.2. The molecule has 0 aliphatic heterocycles. The molecule has 0 saturated heterocycles. The van der Waals surface area contributed by atoms with Crippen molar-refractivity contribution in [3.63, 3.8) is 0 Å². The van der Waals surface area contributed by atoms with Crippen LogP contribution in [-0.2, 0) is 11.2 Å². The molecule has 0 atom stereocenters. The zero-order valence-corrected chi connectivity index (χ0v) is 10.9. The molecule has 0 fully saturated rings. The lowest BCUT2D eigenvalue weighted by molar-refractivity contribution is -0.116. The molecule has 1 aromatic rings. The van der Waals surface area contributed by atoms with Crippen molar-refractivity contribution in [1.82, 2.24) is 5.32 Å². The van der Waals surface area contributed by atoms with Crippen LogP contribution in [0.3, 0.4) is 0 Å². The standard InChI is InChI=1S/C14H22N2O2/c1-2-15-9-8-14(18)16-13-7-3-5-12(11-13)6-4-10-17/h3,5,7,11,15,17H,2,4,6,8-10H2,1H3,(H,16,18). The fourth-order valence-corrected chi connectivity index (χ4v) is 1.69. The van der Waals surface area contributed by atoms with Crippen molar-refractivity contribution in [2.75, 3.05) is 25.0 Å². The van der Waals surface area contributed by atoms with Gasteiger partial charge in [-0.25, -0.2) is 0 Å². The Hall–Kier alpha value is -1.39. The van der Waals surface area contributed by atoms with Crippen LogP contribution in [0, 0.1) is 0 Å². The second-order valence-corrected chi connectivity index (χ2v) is 4.18. The molecule has 4 heteroatoms. The van der Waals surface area contributed by atoms with E-state index in [9.17, 15) is 4.79 Å². The zero-order valence-electron chi connectivity index (χ0n) is 10.9. The first-order chi connectivity index (χ1) is 8.76. The quantitative estimate of drug-likeness (QED) is 0.613. The first-order valence-electron chi connectivity index (χ1n) is 6.46. The summed E-state index contributed by atoms with van der Waals surface area (Å²) in [7, 11) is 0. The highest BCUT2D eigenvalue weighted by molar-refractivity contribution is 5.90. The maximum atomic E-state index is 11.6. The monoisotopic (exact) mass is 250 g/mol. The lowest BCUT2D eigenvalue weighted by Gasteiger charge is -2.07. The van der Waals surface area contributed by atoms with E-state index in [2.05, 4.69) is 10.6 Å². The average molecular weight is 250 g/mol. The molecule has 3 N–H and O–H groups in total. The molecule has 0 spiro atoms. The number of benzene rings is 1. The van der Waals surface area contributed by atoms with Gasteiger partial charge in [-0.1, -0.05) is 19.1 Å². The number of rotatable bonds is 8. The van der Waals surface area contributed by atoms with E-state index in [1.165, 1.54) is 0 Å². The van der Waals surface area contributed by atoms with Crippen LogP contribution in [0.15, 0.2) is 24.3 Å². The van der Waals surface area contributed by atoms with E-state index in [4.69, 9.17) is 5.11 Å². The predicted molar refractivity (Wildman–Crippen MR) is 73.6 cm³/mol. The van der Waals surface area contributed by atoms with E-state index in [0.717, 1.165) is 30.6 Å². The maximum Gasteiger partial charge on any atom is 0.225 e. The SMILES string of the molecule is CCNCCC(=O)Nc1cccc(CCCO)c1. The van der Waals surface area contributed by atoms with Crippen LogP contribution in [0.25, 0.3) is 0 Å². The van der Waals surface area contributed by atoms with Crippen molar-refractivity contribution in [3.8, 4) is 0 Å². The third-order valence-corrected chi connectivity index (χ3v) is 2.61. The van der Waals surface area contributed by atoms with Crippen molar-refractivity contribution in [2.45, 2.75) is 26.2 Å². The molecule has 1 amide bonds. The summed E-state index contributed by atoms with van der Waals surface area (Å²) in [5.41, 5.74) is 1.96. The Morgan fingerprint density at radius 3 is 2.94 bits per heavy atom. The second-order valence-electron chi connectivity index (χ2n) is 4.18. The summed E-state index contributed by atoms with van der Waals surface area (Å²) < 4.78 is 0. The molecule has 0 bridgehead atoms. The first kappa shape index (κ1) is 14.7. The fraction of sp³-hybridized carbons (Fsp3) is 0.500. The molecule has 1 aromatic carbocycles. The molecule has 0 aliphatic carbocycles. The fourth-order valence-electron chi connectivity index (χ4n) is 1.69. The third-order valence-electron chi connectivity index (χ3n) is 2.61. The van der Waals surface area contributed by atoms with Crippen LogP contribution in [0.2, 0.25) is 0 Å². The molecule has 0 aliphatic rings. The molecular formula is C14H22N2O2. The largest absolute Gasteiger partial charge is 0.396 e. The van der Waals surface area contributed by atoms with Crippen LogP contribution in [0.1, 0.15) is 25.3 Å². The zero-order chi connectivity index (χ0) is 13.2. The summed E-state index contributed by atoms with van der Waals surface area (Å²) in [6, 6.07) is 7.77. The topological polar surface area (TPSA) is 61.4 Å². The highest BCUT2D eigenvalue weighted by Crippen LogP contribution is 2.12. The summed E-state index contributed by atoms with van der Waals surface area (Å²) in [6.45, 7) is 3.79. The van der Waals surface area contributed by atoms with Gasteiger partial charge in [0.1, 0.15) is 0 Å². The molecular weight excluding hydrogens is 228 g/mol. The van der Waals surface area contributed by atoms with Gasteiger partial charge in [0.15, 0.2) is 0 Å². The van der Waals surface area contributed by atoms with Crippen molar-refractivity contribution in [2.24, 2.45) is 0 Å². The molecule has 0 radical (unpaired) electrons. The number of amides is 1. The third kappa shape index (κ3) is 5.80. The van der Waals surface area contributed by atoms with Crippen molar-refractivity contribution in [3.05, 3.63) is 29.8 Å². The summed E-state index contributed by atoms with van der Waals surface area (Å²) >= 11 is 0. The van der Waals surface area contributed by atoms with Crippen LogP contribution in [0.5, 0.6) is 0 Å². The minimum Gasteiger partial charge on any atom is -0.396 e. The Balaban J connectivity index is 2.43. The molecule has 100 valence electrons. The summed E-state index contributed by atoms with van der Waals surface area (Å²) in [6.07, 6.45) is 2.06. The van der Waals surface area contributed by atoms with E-state index in [-0.39, 0.29) is 12.5 Å². The number of nitrogens with one attached hydrogen (secondary N) is 2. The normalized spacial score (nSPS) is 10.3. The number of carbonyl (C=O) groups is 1. The van der Waals surface area contributed by atoms with Crippen molar-refractivity contribution in [1.29, 1.82) is 0 Å². The van der Waals surface area contributed by atoms with Gasteiger partial charge >= 0.3 is 0 Å². The number of hydrogen-bond donors (Lipinski definition) is 3. The number of anilines is 1. The van der Waals surface area contributed by atoms with E-state index in [0.29, 0.717) is 13.0 Å². The van der Waals surface area contributed by atoms with Gasteiger partial charge in [0.25, 0.3) is 0 Å². The summed E-state index contributed by atoms with van der Waals surface area (Å²) in [4.78, 5) is 11.6. The number of carbonyl (C=O) groups excluding carboxylic acids is 1. The predicted octanol–water partition coefficient (Wildman–Crippen LogP) is 1.55. The van der Waals surface area contributed by atoms with Gasteiger partial charge in [-0.2, -0.15) is 0 Å². The van der Waals surface area contributed by atoms with E-state index in [1.807, 2.05) is 31.2 Å². The van der Waals surface area contributed by atoms with Gasteiger partial charge in [0, 0.05) is 25.3 Å². The number of aliphatic hydroxyl groups is 1.